The van der Waals surface area contributed by atoms with E-state index in [1.54, 1.807) is 0 Å². The zero-order valence-electron chi connectivity index (χ0n) is 10.7. The molecule has 1 nitrogen and oxygen atoms in total. The SMILES string of the molecule is O=[Te](c1ccc(C(F)(F)F)cc1)c1ccc(C(F)(F)F)cc1. The molecule has 0 atom stereocenters. The Kier molecular flexibility index (Phi) is 4.64. The normalized spacial score (nSPS) is 12.7. The molecule has 2 aromatic rings. The molecule has 0 N–H and O–H groups in total. The van der Waals surface area contributed by atoms with Crippen LogP contribution < -0.4 is 7.22 Å². The average Bonchev–Trinajstić information content (AvgIpc) is 2.45. The van der Waals surface area contributed by atoms with Gasteiger partial charge in [0.25, 0.3) is 0 Å². The van der Waals surface area contributed by atoms with Gasteiger partial charge >= 0.3 is 128 Å². The van der Waals surface area contributed by atoms with E-state index in [0.717, 1.165) is 48.5 Å². The molecule has 8 heteroatoms. The van der Waals surface area contributed by atoms with Crippen molar-refractivity contribution >= 4 is 26.8 Å². The van der Waals surface area contributed by atoms with Crippen molar-refractivity contribution in [2.45, 2.75) is 12.4 Å². The summed E-state index contributed by atoms with van der Waals surface area (Å²) in [7, 11) is 0. The molecule has 0 unspecified atom stereocenters. The summed E-state index contributed by atoms with van der Waals surface area (Å²) in [6, 6.07) is 7.65. The summed E-state index contributed by atoms with van der Waals surface area (Å²) in [5.74, 6) is 0. The predicted octanol–water partition coefficient (Wildman–Crippen LogP) is 3.26. The van der Waals surface area contributed by atoms with Crippen LogP contribution in [0.2, 0.25) is 0 Å². The van der Waals surface area contributed by atoms with Crippen LogP contribution in [0.4, 0.5) is 26.3 Å². The average molecular weight is 434 g/mol. The first-order valence-corrected chi connectivity index (χ1v) is 9.13. The second-order valence-electron chi connectivity index (χ2n) is 4.31. The summed E-state index contributed by atoms with van der Waals surface area (Å²) in [5.41, 5.74) is -1.73. The minimum absolute atomic E-state index is 0.219. The Morgan fingerprint density at radius 1 is 0.591 bits per heavy atom. The molecule has 0 aliphatic rings. The third-order valence-electron chi connectivity index (χ3n) is 2.79. The first kappa shape index (κ1) is 17.0. The van der Waals surface area contributed by atoms with Gasteiger partial charge in [-0.25, -0.2) is 0 Å². The van der Waals surface area contributed by atoms with Crippen LogP contribution in [0.1, 0.15) is 11.1 Å². The van der Waals surface area contributed by atoms with Gasteiger partial charge in [0.2, 0.25) is 0 Å². The molecule has 0 saturated carbocycles. The molecule has 0 radical (unpaired) electrons. The van der Waals surface area contributed by atoms with Gasteiger partial charge in [-0.15, -0.1) is 0 Å². The molecule has 0 spiro atoms. The van der Waals surface area contributed by atoms with Gasteiger partial charge < -0.3 is 0 Å². The van der Waals surface area contributed by atoms with Gasteiger partial charge in [0.1, 0.15) is 0 Å². The second-order valence-corrected chi connectivity index (χ2v) is 8.54. The van der Waals surface area contributed by atoms with Crippen molar-refractivity contribution < 1.29 is 29.4 Å². The first-order chi connectivity index (χ1) is 10.1. The number of hydrogen-bond donors (Lipinski definition) is 0. The Labute approximate surface area is 128 Å². The molecule has 0 saturated heterocycles. The summed E-state index contributed by atoms with van der Waals surface area (Å²) in [4.78, 5) is 0. The Morgan fingerprint density at radius 3 is 1.09 bits per heavy atom. The van der Waals surface area contributed by atoms with Gasteiger partial charge in [0, 0.05) is 0 Å². The summed E-state index contributed by atoms with van der Waals surface area (Å²) >= 11 is -3.39. The van der Waals surface area contributed by atoms with Gasteiger partial charge in [0.15, 0.2) is 0 Å². The van der Waals surface area contributed by atoms with Gasteiger partial charge in [-0.05, 0) is 0 Å². The second kappa shape index (κ2) is 6.01. The van der Waals surface area contributed by atoms with E-state index >= 15 is 0 Å². The van der Waals surface area contributed by atoms with Crippen molar-refractivity contribution in [2.24, 2.45) is 0 Å². The summed E-state index contributed by atoms with van der Waals surface area (Å²) in [6.07, 6.45) is -8.98. The summed E-state index contributed by atoms with van der Waals surface area (Å²) < 4.78 is 87.3. The maximum absolute atomic E-state index is 12.4. The number of hydrogen-bond acceptors (Lipinski definition) is 1. The van der Waals surface area contributed by atoms with E-state index in [-0.39, 0.29) is 7.22 Å². The van der Waals surface area contributed by atoms with Crippen LogP contribution in [0.5, 0.6) is 0 Å². The molecule has 0 aliphatic carbocycles. The van der Waals surface area contributed by atoms with Crippen LogP contribution in [0, 0.1) is 0 Å². The molecular weight excluding hydrogens is 426 g/mol. The fourth-order valence-corrected chi connectivity index (χ4v) is 4.64. The number of alkyl halides is 6. The fraction of sp³-hybridized carbons (Fsp3) is 0.143. The minimum atomic E-state index is -4.49. The molecule has 2 rings (SSSR count). The molecule has 22 heavy (non-hydrogen) atoms. The van der Waals surface area contributed by atoms with Crippen molar-refractivity contribution in [3.63, 3.8) is 0 Å². The van der Waals surface area contributed by atoms with E-state index < -0.39 is 43.0 Å². The van der Waals surface area contributed by atoms with Crippen LogP contribution in [-0.2, 0) is 15.5 Å². The zero-order chi connectivity index (χ0) is 16.5. The van der Waals surface area contributed by atoms with E-state index in [9.17, 15) is 29.4 Å². The van der Waals surface area contributed by atoms with E-state index in [1.807, 2.05) is 0 Å². The summed E-state index contributed by atoms with van der Waals surface area (Å²) in [6.45, 7) is 0. The molecule has 0 aromatic heterocycles. The third kappa shape index (κ3) is 3.87. The van der Waals surface area contributed by atoms with E-state index in [0.29, 0.717) is 0 Å². The molecule has 2 aromatic carbocycles. The third-order valence-corrected chi connectivity index (χ3v) is 6.79. The van der Waals surface area contributed by atoms with Crippen LogP contribution >= 0.6 is 0 Å². The van der Waals surface area contributed by atoms with Crippen molar-refractivity contribution in [1.29, 1.82) is 0 Å². The van der Waals surface area contributed by atoms with Crippen molar-refractivity contribution in [2.75, 3.05) is 0 Å². The van der Waals surface area contributed by atoms with Crippen molar-refractivity contribution in [1.82, 2.24) is 0 Å². The van der Waals surface area contributed by atoms with Crippen molar-refractivity contribution in [3.05, 3.63) is 59.7 Å². The summed E-state index contributed by atoms with van der Waals surface area (Å²) in [5, 5.41) is 0. The fourth-order valence-electron chi connectivity index (χ4n) is 1.67. The molecule has 0 heterocycles. The Morgan fingerprint density at radius 2 is 0.864 bits per heavy atom. The first-order valence-electron chi connectivity index (χ1n) is 5.85. The number of rotatable bonds is 2. The monoisotopic (exact) mass is 436 g/mol. The standard InChI is InChI=1S/C14H8F6OTe/c15-13(16,17)9-1-5-11(6-2-9)22(21)12-7-3-10(4-8-12)14(18,19)20/h1-8H. The van der Waals surface area contributed by atoms with E-state index in [1.165, 1.54) is 0 Å². The number of benzene rings is 2. The van der Waals surface area contributed by atoms with Crippen LogP contribution in [0.3, 0.4) is 0 Å². The number of halogens is 6. The van der Waals surface area contributed by atoms with Gasteiger partial charge in [-0.3, -0.25) is 0 Å². The van der Waals surface area contributed by atoms with Gasteiger partial charge in [-0.2, -0.15) is 0 Å². The Hall–Kier alpha value is -1.39. The van der Waals surface area contributed by atoms with Crippen LogP contribution in [0.25, 0.3) is 0 Å². The Balaban J connectivity index is 2.25. The zero-order valence-corrected chi connectivity index (χ0v) is 13.0. The maximum atomic E-state index is 12.4. The van der Waals surface area contributed by atoms with Crippen molar-refractivity contribution in [3.8, 4) is 0 Å². The predicted molar refractivity (Wildman–Crippen MR) is 68.6 cm³/mol. The Bertz CT molecular complexity index is 611. The van der Waals surface area contributed by atoms with Crippen LogP contribution in [0.15, 0.2) is 48.5 Å². The topological polar surface area (TPSA) is 17.1 Å². The molecule has 0 fully saturated rings. The molecule has 0 amide bonds. The molecule has 118 valence electrons. The molecule has 0 bridgehead atoms. The van der Waals surface area contributed by atoms with Crippen LogP contribution in [-0.4, -0.2) is 19.5 Å². The van der Waals surface area contributed by atoms with Gasteiger partial charge in [-0.1, -0.05) is 0 Å². The molecule has 0 aliphatic heterocycles. The molecular formula is C14H8F6OTe. The quantitative estimate of drug-likeness (QED) is 0.525. The van der Waals surface area contributed by atoms with E-state index in [2.05, 4.69) is 0 Å². The van der Waals surface area contributed by atoms with Gasteiger partial charge in [0.05, 0.1) is 0 Å². The van der Waals surface area contributed by atoms with E-state index in [4.69, 9.17) is 0 Å².